The first kappa shape index (κ1) is 17.5. The number of nitrogens with two attached hydrogens (primary N) is 1. The number of nitrogens with one attached hydrogen (secondary N) is 1. The van der Waals surface area contributed by atoms with Crippen LogP contribution in [0.15, 0.2) is 0 Å². The molecule has 0 aliphatic heterocycles. The number of hydrogen-bond acceptors (Lipinski definition) is 2. The molecule has 1 amide bonds. The Morgan fingerprint density at radius 1 is 1.20 bits per heavy atom. The summed E-state index contributed by atoms with van der Waals surface area (Å²) in [6, 6.07) is 0. The summed E-state index contributed by atoms with van der Waals surface area (Å²) in [7, 11) is 0. The van der Waals surface area contributed by atoms with Gasteiger partial charge in [0.15, 0.2) is 0 Å². The SMILES string of the molecule is CC(C)CC1(CNC(=O)C(C)(C)C(C)(C)N)CCCC1. The van der Waals surface area contributed by atoms with Gasteiger partial charge in [0, 0.05) is 12.1 Å². The van der Waals surface area contributed by atoms with E-state index in [1.165, 1.54) is 32.1 Å². The van der Waals surface area contributed by atoms with Crippen LogP contribution in [0.25, 0.3) is 0 Å². The molecule has 1 aliphatic rings. The summed E-state index contributed by atoms with van der Waals surface area (Å²) < 4.78 is 0. The van der Waals surface area contributed by atoms with Gasteiger partial charge in [0.25, 0.3) is 0 Å². The van der Waals surface area contributed by atoms with E-state index in [9.17, 15) is 4.79 Å². The van der Waals surface area contributed by atoms with Gasteiger partial charge in [-0.05, 0) is 58.3 Å². The highest BCUT2D eigenvalue weighted by atomic mass is 16.2. The lowest BCUT2D eigenvalue weighted by Crippen LogP contribution is -2.56. The fraction of sp³-hybridized carbons (Fsp3) is 0.941. The molecule has 3 nitrogen and oxygen atoms in total. The molecule has 1 fully saturated rings. The van der Waals surface area contributed by atoms with Gasteiger partial charge in [-0.2, -0.15) is 0 Å². The molecule has 0 aromatic heterocycles. The van der Waals surface area contributed by atoms with Gasteiger partial charge in [-0.15, -0.1) is 0 Å². The molecule has 0 aromatic carbocycles. The quantitative estimate of drug-likeness (QED) is 0.783. The van der Waals surface area contributed by atoms with Crippen molar-refractivity contribution in [1.29, 1.82) is 0 Å². The van der Waals surface area contributed by atoms with Crippen LogP contribution in [-0.4, -0.2) is 18.0 Å². The molecule has 1 saturated carbocycles. The highest BCUT2D eigenvalue weighted by Gasteiger charge is 2.42. The summed E-state index contributed by atoms with van der Waals surface area (Å²) >= 11 is 0. The van der Waals surface area contributed by atoms with Gasteiger partial charge in [-0.3, -0.25) is 4.79 Å². The predicted molar refractivity (Wildman–Crippen MR) is 85.4 cm³/mol. The van der Waals surface area contributed by atoms with Crippen LogP contribution < -0.4 is 11.1 Å². The molecule has 0 bridgehead atoms. The fourth-order valence-corrected chi connectivity index (χ4v) is 3.23. The maximum atomic E-state index is 12.5. The second kappa shape index (κ2) is 6.05. The molecule has 0 spiro atoms. The first-order valence-electron chi connectivity index (χ1n) is 8.07. The van der Waals surface area contributed by atoms with Gasteiger partial charge in [0.1, 0.15) is 0 Å². The zero-order chi connectivity index (χ0) is 15.6. The Balaban J connectivity index is 2.67. The first-order chi connectivity index (χ1) is 9.00. The molecule has 0 unspecified atom stereocenters. The van der Waals surface area contributed by atoms with Crippen LogP contribution in [0, 0.1) is 16.7 Å². The lowest BCUT2D eigenvalue weighted by molar-refractivity contribution is -0.132. The second-order valence-corrected chi connectivity index (χ2v) is 8.33. The smallest absolute Gasteiger partial charge is 0.227 e. The van der Waals surface area contributed by atoms with Crippen molar-refractivity contribution in [2.45, 2.75) is 79.2 Å². The molecule has 3 N–H and O–H groups in total. The van der Waals surface area contributed by atoms with Crippen molar-refractivity contribution in [3.8, 4) is 0 Å². The summed E-state index contributed by atoms with van der Waals surface area (Å²) in [5.74, 6) is 0.768. The zero-order valence-electron chi connectivity index (χ0n) is 14.3. The predicted octanol–water partition coefficient (Wildman–Crippen LogP) is 3.47. The van der Waals surface area contributed by atoms with Crippen LogP contribution in [0.3, 0.4) is 0 Å². The average Bonchev–Trinajstić information content (AvgIpc) is 2.72. The summed E-state index contributed by atoms with van der Waals surface area (Å²) in [6.07, 6.45) is 6.30. The van der Waals surface area contributed by atoms with E-state index in [0.29, 0.717) is 11.3 Å². The van der Waals surface area contributed by atoms with Gasteiger partial charge < -0.3 is 11.1 Å². The standard InChI is InChI=1S/C17H34N2O/c1-13(2)11-17(9-7-8-10-17)12-19-14(20)15(3,4)16(5,6)18/h13H,7-12,18H2,1-6H3,(H,19,20). The molecule has 0 heterocycles. The Hall–Kier alpha value is -0.570. The summed E-state index contributed by atoms with van der Waals surface area (Å²) in [6.45, 7) is 13.1. The van der Waals surface area contributed by atoms with E-state index >= 15 is 0 Å². The minimum absolute atomic E-state index is 0.0834. The molecule has 0 radical (unpaired) electrons. The van der Waals surface area contributed by atoms with Crippen molar-refractivity contribution in [1.82, 2.24) is 5.32 Å². The highest BCUT2D eigenvalue weighted by Crippen LogP contribution is 2.42. The Morgan fingerprint density at radius 3 is 2.10 bits per heavy atom. The van der Waals surface area contributed by atoms with Crippen molar-refractivity contribution in [2.75, 3.05) is 6.54 Å². The van der Waals surface area contributed by atoms with Crippen molar-refractivity contribution in [2.24, 2.45) is 22.5 Å². The Morgan fingerprint density at radius 2 is 1.70 bits per heavy atom. The van der Waals surface area contributed by atoms with Crippen LogP contribution in [-0.2, 0) is 4.79 Å². The average molecular weight is 282 g/mol. The van der Waals surface area contributed by atoms with Crippen LogP contribution >= 0.6 is 0 Å². The second-order valence-electron chi connectivity index (χ2n) is 8.33. The van der Waals surface area contributed by atoms with Crippen LogP contribution in [0.4, 0.5) is 0 Å². The minimum Gasteiger partial charge on any atom is -0.355 e. The number of hydrogen-bond donors (Lipinski definition) is 2. The summed E-state index contributed by atoms with van der Waals surface area (Å²) in [5.41, 5.74) is 5.40. The molecule has 1 aliphatic carbocycles. The zero-order valence-corrected chi connectivity index (χ0v) is 14.3. The Kier molecular flexibility index (Phi) is 5.29. The monoisotopic (exact) mass is 282 g/mol. The van der Waals surface area contributed by atoms with Crippen LogP contribution in [0.1, 0.15) is 73.6 Å². The molecule has 1 rings (SSSR count). The number of carbonyl (C=O) groups excluding carboxylic acids is 1. The first-order valence-corrected chi connectivity index (χ1v) is 8.07. The molecule has 3 heteroatoms. The number of rotatable bonds is 6. The molecular weight excluding hydrogens is 248 g/mol. The molecule has 20 heavy (non-hydrogen) atoms. The summed E-state index contributed by atoms with van der Waals surface area (Å²) in [4.78, 5) is 12.5. The maximum absolute atomic E-state index is 12.5. The van der Waals surface area contributed by atoms with E-state index in [4.69, 9.17) is 5.73 Å². The normalized spacial score (nSPS) is 19.4. The highest BCUT2D eigenvalue weighted by molar-refractivity contribution is 5.83. The van der Waals surface area contributed by atoms with E-state index in [0.717, 1.165) is 6.54 Å². The van der Waals surface area contributed by atoms with Crippen LogP contribution in [0.5, 0.6) is 0 Å². The van der Waals surface area contributed by atoms with Gasteiger partial charge in [-0.25, -0.2) is 0 Å². The van der Waals surface area contributed by atoms with E-state index in [1.54, 1.807) is 0 Å². The van der Waals surface area contributed by atoms with Gasteiger partial charge in [0.2, 0.25) is 5.91 Å². The van der Waals surface area contributed by atoms with E-state index < -0.39 is 11.0 Å². The van der Waals surface area contributed by atoms with Gasteiger partial charge >= 0.3 is 0 Å². The molecule has 0 atom stereocenters. The van der Waals surface area contributed by atoms with E-state index in [1.807, 2.05) is 27.7 Å². The molecular formula is C17H34N2O. The Labute approximate surface area is 125 Å². The third-order valence-electron chi connectivity index (χ3n) is 5.31. The minimum atomic E-state index is -0.551. The molecule has 0 saturated heterocycles. The number of amides is 1. The topological polar surface area (TPSA) is 55.1 Å². The summed E-state index contributed by atoms with van der Waals surface area (Å²) in [5, 5.41) is 3.20. The fourth-order valence-electron chi connectivity index (χ4n) is 3.23. The lowest BCUT2D eigenvalue weighted by atomic mass is 9.73. The van der Waals surface area contributed by atoms with E-state index in [2.05, 4.69) is 19.2 Å². The largest absolute Gasteiger partial charge is 0.355 e. The molecule has 0 aromatic rings. The lowest BCUT2D eigenvalue weighted by Gasteiger charge is -2.39. The Bertz CT molecular complexity index is 333. The third-order valence-corrected chi connectivity index (χ3v) is 5.31. The van der Waals surface area contributed by atoms with Gasteiger partial charge in [0.05, 0.1) is 5.41 Å². The van der Waals surface area contributed by atoms with Crippen LogP contribution in [0.2, 0.25) is 0 Å². The van der Waals surface area contributed by atoms with E-state index in [-0.39, 0.29) is 5.91 Å². The maximum Gasteiger partial charge on any atom is 0.227 e. The van der Waals surface area contributed by atoms with Crippen molar-refractivity contribution in [3.63, 3.8) is 0 Å². The molecule has 118 valence electrons. The van der Waals surface area contributed by atoms with Gasteiger partial charge in [-0.1, -0.05) is 26.7 Å². The van der Waals surface area contributed by atoms with Crippen molar-refractivity contribution in [3.05, 3.63) is 0 Å². The number of carbonyl (C=O) groups is 1. The van der Waals surface area contributed by atoms with Crippen molar-refractivity contribution >= 4 is 5.91 Å². The van der Waals surface area contributed by atoms with Crippen molar-refractivity contribution < 1.29 is 4.79 Å². The third kappa shape index (κ3) is 3.97.